The van der Waals surface area contributed by atoms with E-state index in [-0.39, 0.29) is 28.9 Å². The van der Waals surface area contributed by atoms with Crippen LogP contribution in [0.2, 0.25) is 0 Å². The third-order valence-corrected chi connectivity index (χ3v) is 9.25. The summed E-state index contributed by atoms with van der Waals surface area (Å²) >= 11 is 0. The van der Waals surface area contributed by atoms with Gasteiger partial charge in [0.15, 0.2) is 0 Å². The van der Waals surface area contributed by atoms with Gasteiger partial charge in [0, 0.05) is 19.6 Å². The number of ether oxygens (including phenoxy) is 1. The van der Waals surface area contributed by atoms with Crippen molar-refractivity contribution < 1.29 is 30.8 Å². The molecule has 0 bridgehead atoms. The summed E-state index contributed by atoms with van der Waals surface area (Å²) in [7, 11) is -7.70. The summed E-state index contributed by atoms with van der Waals surface area (Å²) in [6.07, 6.45) is 1.55. The number of morpholine rings is 1. The highest BCUT2D eigenvalue weighted by molar-refractivity contribution is 7.94. The third kappa shape index (κ3) is 4.85. The standard InChI is InChI=1S/C21H27N3O7S2/c1-21(2)15-32(26,27)24(20(21)25)16-5-7-17(8-6-16)33(28,29)22-14-18(19-4-3-11-31-19)23-9-12-30-13-10-23/h3-8,11,18,22H,9-10,12-15H2,1-2H3/t18-/m1/s1. The number of sulfonamides is 2. The lowest BCUT2D eigenvalue weighted by Gasteiger charge is -2.33. The molecule has 1 N–H and O–H groups in total. The Balaban J connectivity index is 1.51. The largest absolute Gasteiger partial charge is 0.468 e. The molecule has 1 aromatic heterocycles. The van der Waals surface area contributed by atoms with Gasteiger partial charge in [-0.3, -0.25) is 9.69 Å². The molecule has 4 rings (SSSR count). The highest BCUT2D eigenvalue weighted by Gasteiger charge is 2.49. The van der Waals surface area contributed by atoms with Gasteiger partial charge in [-0.15, -0.1) is 0 Å². The Bertz CT molecular complexity index is 1200. The Morgan fingerprint density at radius 2 is 1.79 bits per heavy atom. The quantitative estimate of drug-likeness (QED) is 0.607. The van der Waals surface area contributed by atoms with Crippen LogP contribution in [0.15, 0.2) is 52.0 Å². The van der Waals surface area contributed by atoms with Crippen LogP contribution in [-0.4, -0.2) is 66.2 Å². The zero-order valence-electron chi connectivity index (χ0n) is 18.4. The minimum absolute atomic E-state index is 0.0327. The van der Waals surface area contributed by atoms with Gasteiger partial charge in [0.05, 0.1) is 47.3 Å². The number of amides is 1. The molecule has 0 unspecified atom stereocenters. The number of hydrogen-bond donors (Lipinski definition) is 1. The predicted molar refractivity (Wildman–Crippen MR) is 121 cm³/mol. The Morgan fingerprint density at radius 1 is 1.12 bits per heavy atom. The Kier molecular flexibility index (Phi) is 6.40. The van der Waals surface area contributed by atoms with Crippen molar-refractivity contribution in [3.8, 4) is 0 Å². The SMILES string of the molecule is CC1(C)CS(=O)(=O)N(c2ccc(S(=O)(=O)NC[C@H](c3ccco3)N3CCOCC3)cc2)C1=O. The van der Waals surface area contributed by atoms with Gasteiger partial charge >= 0.3 is 0 Å². The summed E-state index contributed by atoms with van der Waals surface area (Å²) in [5.74, 6) is -0.186. The fraction of sp³-hybridized carbons (Fsp3) is 0.476. The van der Waals surface area contributed by atoms with Crippen LogP contribution < -0.4 is 9.03 Å². The number of carbonyl (C=O) groups excluding carboxylic acids is 1. The van der Waals surface area contributed by atoms with Crippen molar-refractivity contribution in [1.82, 2.24) is 9.62 Å². The first-order valence-corrected chi connectivity index (χ1v) is 13.6. The fourth-order valence-electron chi connectivity index (χ4n) is 4.07. The average Bonchev–Trinajstić information content (AvgIpc) is 3.33. The molecule has 3 heterocycles. The minimum atomic E-state index is -3.89. The first-order valence-electron chi connectivity index (χ1n) is 10.5. The zero-order valence-corrected chi connectivity index (χ0v) is 20.1. The molecule has 2 aromatic rings. The monoisotopic (exact) mass is 497 g/mol. The summed E-state index contributed by atoms with van der Waals surface area (Å²) in [6.45, 7) is 5.64. The van der Waals surface area contributed by atoms with Crippen molar-refractivity contribution in [2.75, 3.05) is 42.9 Å². The van der Waals surface area contributed by atoms with E-state index >= 15 is 0 Å². The molecule has 33 heavy (non-hydrogen) atoms. The lowest BCUT2D eigenvalue weighted by Crippen LogP contribution is -2.43. The number of anilines is 1. The summed E-state index contributed by atoms with van der Waals surface area (Å²) in [4.78, 5) is 14.6. The van der Waals surface area contributed by atoms with E-state index in [0.29, 0.717) is 32.1 Å². The van der Waals surface area contributed by atoms with Crippen LogP contribution in [0.3, 0.4) is 0 Å². The molecule has 0 aliphatic carbocycles. The molecule has 10 nitrogen and oxygen atoms in total. The topological polar surface area (TPSA) is 126 Å². The number of nitrogens with one attached hydrogen (secondary N) is 1. The number of carbonyl (C=O) groups is 1. The van der Waals surface area contributed by atoms with E-state index in [1.54, 1.807) is 32.2 Å². The van der Waals surface area contributed by atoms with E-state index < -0.39 is 31.4 Å². The third-order valence-electron chi connectivity index (χ3n) is 5.79. The molecule has 1 amide bonds. The second-order valence-corrected chi connectivity index (χ2v) is 12.3. The van der Waals surface area contributed by atoms with Crippen molar-refractivity contribution in [3.05, 3.63) is 48.4 Å². The number of hydrogen-bond acceptors (Lipinski definition) is 8. The number of nitrogens with zero attached hydrogens (tertiary/aromatic N) is 2. The molecule has 2 fully saturated rings. The van der Waals surface area contributed by atoms with Gasteiger partial charge in [0.1, 0.15) is 5.76 Å². The molecule has 1 atom stereocenters. The van der Waals surface area contributed by atoms with Gasteiger partial charge in [-0.2, -0.15) is 0 Å². The maximum Gasteiger partial charge on any atom is 0.247 e. The van der Waals surface area contributed by atoms with Gasteiger partial charge in [0.25, 0.3) is 0 Å². The Hall–Kier alpha value is -2.25. The summed E-state index contributed by atoms with van der Waals surface area (Å²) in [6, 6.07) is 8.51. The van der Waals surface area contributed by atoms with Crippen molar-refractivity contribution in [1.29, 1.82) is 0 Å². The van der Waals surface area contributed by atoms with E-state index in [1.165, 1.54) is 24.3 Å². The lowest BCUT2D eigenvalue weighted by atomic mass is 9.95. The van der Waals surface area contributed by atoms with Crippen LogP contribution in [0.5, 0.6) is 0 Å². The van der Waals surface area contributed by atoms with Crippen molar-refractivity contribution >= 4 is 31.6 Å². The van der Waals surface area contributed by atoms with Crippen LogP contribution in [0.25, 0.3) is 0 Å². The average molecular weight is 498 g/mol. The van der Waals surface area contributed by atoms with Gasteiger partial charge in [-0.1, -0.05) is 0 Å². The van der Waals surface area contributed by atoms with E-state index in [9.17, 15) is 21.6 Å². The number of rotatable bonds is 7. The molecule has 2 aliphatic heterocycles. The molecule has 0 spiro atoms. The van der Waals surface area contributed by atoms with Gasteiger partial charge in [-0.05, 0) is 50.2 Å². The molecule has 2 aliphatic rings. The Labute approximate surface area is 193 Å². The Morgan fingerprint density at radius 3 is 2.33 bits per heavy atom. The molecule has 12 heteroatoms. The van der Waals surface area contributed by atoms with E-state index in [0.717, 1.165) is 4.31 Å². The van der Waals surface area contributed by atoms with E-state index in [4.69, 9.17) is 9.15 Å². The van der Waals surface area contributed by atoms with Crippen LogP contribution in [0.4, 0.5) is 5.69 Å². The zero-order chi connectivity index (χ0) is 23.9. The molecule has 2 saturated heterocycles. The maximum atomic E-state index is 12.9. The van der Waals surface area contributed by atoms with Gasteiger partial charge in [0.2, 0.25) is 26.0 Å². The van der Waals surface area contributed by atoms with Gasteiger partial charge in [-0.25, -0.2) is 25.9 Å². The number of furan rings is 1. The van der Waals surface area contributed by atoms with Crippen molar-refractivity contribution in [2.45, 2.75) is 24.8 Å². The highest BCUT2D eigenvalue weighted by Crippen LogP contribution is 2.36. The van der Waals surface area contributed by atoms with Crippen LogP contribution in [0, 0.1) is 5.41 Å². The fourth-order valence-corrected chi connectivity index (χ4v) is 7.22. The first-order chi connectivity index (χ1) is 15.5. The summed E-state index contributed by atoms with van der Waals surface area (Å²) in [5.41, 5.74) is -0.919. The smallest absolute Gasteiger partial charge is 0.247 e. The van der Waals surface area contributed by atoms with Crippen LogP contribution in [-0.2, 0) is 29.6 Å². The second-order valence-electron chi connectivity index (χ2n) is 8.74. The second kappa shape index (κ2) is 8.84. The molecule has 1 aromatic carbocycles. The summed E-state index contributed by atoms with van der Waals surface area (Å²) < 4.78 is 65.1. The van der Waals surface area contributed by atoms with E-state index in [2.05, 4.69) is 9.62 Å². The van der Waals surface area contributed by atoms with Crippen LogP contribution >= 0.6 is 0 Å². The van der Waals surface area contributed by atoms with Crippen LogP contribution in [0.1, 0.15) is 25.6 Å². The highest BCUT2D eigenvalue weighted by atomic mass is 32.2. The molecular weight excluding hydrogens is 470 g/mol. The van der Waals surface area contributed by atoms with Gasteiger partial charge < -0.3 is 9.15 Å². The van der Waals surface area contributed by atoms with E-state index in [1.807, 2.05) is 0 Å². The molecule has 0 radical (unpaired) electrons. The maximum absolute atomic E-state index is 12.9. The number of benzene rings is 1. The van der Waals surface area contributed by atoms with Crippen molar-refractivity contribution in [2.24, 2.45) is 5.41 Å². The summed E-state index contributed by atoms with van der Waals surface area (Å²) in [5, 5.41) is 0. The minimum Gasteiger partial charge on any atom is -0.468 e. The first kappa shape index (κ1) is 23.9. The molecule has 0 saturated carbocycles. The lowest BCUT2D eigenvalue weighted by molar-refractivity contribution is -0.123. The van der Waals surface area contributed by atoms with Crippen molar-refractivity contribution in [3.63, 3.8) is 0 Å². The molecular formula is C21H27N3O7S2. The molecule has 180 valence electrons. The predicted octanol–water partition coefficient (Wildman–Crippen LogP) is 1.33. The normalized spacial score (nSPS) is 21.9.